The monoisotopic (exact) mass is 426 g/mol. The number of benzene rings is 1. The third-order valence-electron chi connectivity index (χ3n) is 3.93. The lowest BCUT2D eigenvalue weighted by atomic mass is 10.2. The second-order valence-corrected chi connectivity index (χ2v) is 7.23. The second kappa shape index (κ2) is 8.89. The number of rotatable bonds is 7. The van der Waals surface area contributed by atoms with E-state index in [1.165, 1.54) is 11.8 Å². The number of nitrogens with one attached hydrogen (secondary N) is 1. The van der Waals surface area contributed by atoms with Crippen LogP contribution < -0.4 is 5.32 Å². The fourth-order valence-electron chi connectivity index (χ4n) is 2.55. The predicted octanol–water partition coefficient (Wildman–Crippen LogP) is 3.53. The minimum Gasteiger partial charge on any atom is -0.467 e. The van der Waals surface area contributed by atoms with Crippen molar-refractivity contribution in [2.75, 3.05) is 0 Å². The van der Waals surface area contributed by atoms with Gasteiger partial charge in [0.05, 0.1) is 24.2 Å². The van der Waals surface area contributed by atoms with Gasteiger partial charge in [-0.15, -0.1) is 5.10 Å². The van der Waals surface area contributed by atoms with E-state index in [1.54, 1.807) is 53.7 Å². The predicted molar refractivity (Wildman–Crippen MR) is 108 cm³/mol. The Hall–Kier alpha value is -3.17. The molecule has 4 rings (SSSR count). The number of carbonyl (C=O) groups is 1. The van der Waals surface area contributed by atoms with E-state index < -0.39 is 0 Å². The first kappa shape index (κ1) is 19.2. The van der Waals surface area contributed by atoms with Gasteiger partial charge in [-0.05, 0) is 42.5 Å². The highest BCUT2D eigenvalue weighted by atomic mass is 35.5. The molecule has 0 aliphatic carbocycles. The minimum absolute atomic E-state index is 0.231. The smallest absolute Gasteiger partial charge is 0.274 e. The molecule has 10 heteroatoms. The zero-order valence-electron chi connectivity index (χ0n) is 15.0. The summed E-state index contributed by atoms with van der Waals surface area (Å²) in [6, 6.07) is 12.4. The van der Waals surface area contributed by atoms with Crippen LogP contribution in [-0.4, -0.2) is 30.9 Å². The number of furan rings is 1. The van der Waals surface area contributed by atoms with Gasteiger partial charge in [0.15, 0.2) is 10.9 Å². The standard InChI is InChI=1S/C19H15ClN6O2S/c20-13-4-6-14(7-5-13)26-16(12-29-19-21-8-2-9-22-19)17(24-25-26)18(27)23-11-15-3-1-10-28-15/h1-10H,11-12H2,(H,23,27). The van der Waals surface area contributed by atoms with Gasteiger partial charge in [0.1, 0.15) is 5.76 Å². The fourth-order valence-corrected chi connectivity index (χ4v) is 3.48. The van der Waals surface area contributed by atoms with Crippen molar-refractivity contribution in [1.29, 1.82) is 0 Å². The summed E-state index contributed by atoms with van der Waals surface area (Å²) in [6.45, 7) is 0.258. The van der Waals surface area contributed by atoms with Gasteiger partial charge in [-0.1, -0.05) is 28.6 Å². The molecule has 0 unspecified atom stereocenters. The molecule has 0 radical (unpaired) electrons. The SMILES string of the molecule is O=C(NCc1ccco1)c1nnn(-c2ccc(Cl)cc2)c1CSc1ncccn1. The topological polar surface area (TPSA) is 98.7 Å². The Kier molecular flexibility index (Phi) is 5.87. The van der Waals surface area contributed by atoms with Crippen molar-refractivity contribution < 1.29 is 9.21 Å². The first-order chi connectivity index (χ1) is 14.2. The van der Waals surface area contributed by atoms with E-state index in [0.717, 1.165) is 5.69 Å². The zero-order valence-corrected chi connectivity index (χ0v) is 16.6. The van der Waals surface area contributed by atoms with E-state index in [9.17, 15) is 4.79 Å². The van der Waals surface area contributed by atoms with Crippen LogP contribution in [0.25, 0.3) is 5.69 Å². The third-order valence-corrected chi connectivity index (χ3v) is 5.07. The Bertz CT molecular complexity index is 1080. The van der Waals surface area contributed by atoms with Crippen LogP contribution in [0.4, 0.5) is 0 Å². The van der Waals surface area contributed by atoms with E-state index in [-0.39, 0.29) is 18.1 Å². The molecule has 1 amide bonds. The summed E-state index contributed by atoms with van der Waals surface area (Å²) in [5, 5.41) is 12.3. The first-order valence-corrected chi connectivity index (χ1v) is 9.98. The van der Waals surface area contributed by atoms with Crippen molar-refractivity contribution in [2.24, 2.45) is 0 Å². The molecule has 0 aliphatic rings. The Morgan fingerprint density at radius 1 is 1.14 bits per heavy atom. The summed E-state index contributed by atoms with van der Waals surface area (Å²) in [5.74, 6) is 0.714. The van der Waals surface area contributed by atoms with Crippen molar-refractivity contribution in [2.45, 2.75) is 17.5 Å². The molecule has 3 aromatic heterocycles. The third kappa shape index (κ3) is 4.64. The van der Waals surface area contributed by atoms with Gasteiger partial charge in [0, 0.05) is 23.2 Å². The number of hydrogen-bond acceptors (Lipinski definition) is 7. The number of thioether (sulfide) groups is 1. The summed E-state index contributed by atoms with van der Waals surface area (Å²) in [4.78, 5) is 21.2. The number of nitrogens with zero attached hydrogens (tertiary/aromatic N) is 5. The molecule has 0 aliphatic heterocycles. The van der Waals surface area contributed by atoms with E-state index in [0.29, 0.717) is 27.4 Å². The second-order valence-electron chi connectivity index (χ2n) is 5.86. The molecule has 0 fully saturated rings. The van der Waals surface area contributed by atoms with Crippen LogP contribution in [0, 0.1) is 0 Å². The Balaban J connectivity index is 1.60. The average Bonchev–Trinajstić information content (AvgIpc) is 3.42. The Morgan fingerprint density at radius 2 is 1.93 bits per heavy atom. The average molecular weight is 427 g/mol. The normalized spacial score (nSPS) is 10.8. The van der Waals surface area contributed by atoms with Crippen molar-refractivity contribution >= 4 is 29.3 Å². The largest absolute Gasteiger partial charge is 0.467 e. The van der Waals surface area contributed by atoms with Crippen LogP contribution in [0.3, 0.4) is 0 Å². The minimum atomic E-state index is -0.341. The summed E-state index contributed by atoms with van der Waals surface area (Å²) in [5.41, 5.74) is 1.60. The van der Waals surface area contributed by atoms with Gasteiger partial charge in [0.25, 0.3) is 5.91 Å². The van der Waals surface area contributed by atoms with Crippen molar-refractivity contribution in [3.8, 4) is 5.69 Å². The quantitative estimate of drug-likeness (QED) is 0.356. The van der Waals surface area contributed by atoms with Crippen molar-refractivity contribution in [3.63, 3.8) is 0 Å². The highest BCUT2D eigenvalue weighted by Gasteiger charge is 2.21. The highest BCUT2D eigenvalue weighted by molar-refractivity contribution is 7.98. The summed E-state index contributed by atoms with van der Waals surface area (Å²) in [7, 11) is 0. The van der Waals surface area contributed by atoms with E-state index >= 15 is 0 Å². The molecule has 0 spiro atoms. The van der Waals surface area contributed by atoms with Crippen LogP contribution in [0.5, 0.6) is 0 Å². The molecule has 146 valence electrons. The van der Waals surface area contributed by atoms with Crippen LogP contribution in [0.15, 0.2) is 70.7 Å². The molecule has 1 N–H and O–H groups in total. The number of halogens is 1. The highest BCUT2D eigenvalue weighted by Crippen LogP contribution is 2.23. The van der Waals surface area contributed by atoms with Crippen LogP contribution >= 0.6 is 23.4 Å². The molecule has 0 atom stereocenters. The molecule has 8 nitrogen and oxygen atoms in total. The van der Waals surface area contributed by atoms with Gasteiger partial charge >= 0.3 is 0 Å². The lowest BCUT2D eigenvalue weighted by Gasteiger charge is -2.08. The molecule has 1 aromatic carbocycles. The molecular formula is C19H15ClN6O2S. The number of amides is 1. The van der Waals surface area contributed by atoms with E-state index in [1.807, 2.05) is 12.1 Å². The number of hydrogen-bond donors (Lipinski definition) is 1. The molecule has 4 aromatic rings. The Morgan fingerprint density at radius 3 is 2.66 bits per heavy atom. The molecule has 29 heavy (non-hydrogen) atoms. The Labute approximate surface area is 175 Å². The van der Waals surface area contributed by atoms with Crippen molar-refractivity contribution in [1.82, 2.24) is 30.3 Å². The van der Waals surface area contributed by atoms with Crippen LogP contribution in [-0.2, 0) is 12.3 Å². The summed E-state index contributed by atoms with van der Waals surface area (Å²) < 4.78 is 6.87. The van der Waals surface area contributed by atoms with Gasteiger partial charge in [-0.3, -0.25) is 4.79 Å². The van der Waals surface area contributed by atoms with Gasteiger partial charge in [-0.2, -0.15) is 0 Å². The summed E-state index contributed by atoms with van der Waals surface area (Å²) >= 11 is 7.38. The molecular weight excluding hydrogens is 412 g/mol. The van der Waals surface area contributed by atoms with Crippen LogP contribution in [0.1, 0.15) is 21.9 Å². The number of aromatic nitrogens is 5. The van der Waals surface area contributed by atoms with Crippen molar-refractivity contribution in [3.05, 3.63) is 83.3 Å². The maximum Gasteiger partial charge on any atom is 0.274 e. The summed E-state index contributed by atoms with van der Waals surface area (Å²) in [6.07, 6.45) is 4.89. The van der Waals surface area contributed by atoms with E-state index in [4.69, 9.17) is 16.0 Å². The zero-order chi connectivity index (χ0) is 20.1. The molecule has 0 saturated heterocycles. The lowest BCUT2D eigenvalue weighted by Crippen LogP contribution is -2.24. The molecule has 3 heterocycles. The fraction of sp³-hybridized carbons (Fsp3) is 0.105. The maximum absolute atomic E-state index is 12.7. The first-order valence-electron chi connectivity index (χ1n) is 8.61. The van der Waals surface area contributed by atoms with Gasteiger partial charge in [-0.25, -0.2) is 14.6 Å². The van der Waals surface area contributed by atoms with Crippen LogP contribution in [0.2, 0.25) is 5.02 Å². The molecule has 0 bridgehead atoms. The van der Waals surface area contributed by atoms with Gasteiger partial charge in [0.2, 0.25) is 0 Å². The number of carbonyl (C=O) groups excluding carboxylic acids is 1. The van der Waals surface area contributed by atoms with Gasteiger partial charge < -0.3 is 9.73 Å². The van der Waals surface area contributed by atoms with E-state index in [2.05, 4.69) is 25.6 Å². The molecule has 0 saturated carbocycles. The maximum atomic E-state index is 12.7. The lowest BCUT2D eigenvalue weighted by molar-refractivity contribution is 0.0942.